The summed E-state index contributed by atoms with van der Waals surface area (Å²) in [7, 11) is 1.56. The lowest BCUT2D eigenvalue weighted by molar-refractivity contribution is -0.384. The first-order chi connectivity index (χ1) is 15.4. The molecule has 4 rings (SSSR count). The molecule has 3 amide bonds. The Kier molecular flexibility index (Phi) is 6.22. The highest BCUT2D eigenvalue weighted by atomic mass is 32.2. The topological polar surface area (TPSA) is 105 Å². The molecule has 2 heterocycles. The Morgan fingerprint density at radius 2 is 1.78 bits per heavy atom. The van der Waals surface area contributed by atoms with Gasteiger partial charge in [0.25, 0.3) is 11.6 Å². The maximum absolute atomic E-state index is 13.2. The van der Waals surface area contributed by atoms with Crippen LogP contribution in [0.3, 0.4) is 0 Å². The maximum atomic E-state index is 13.2. The molecule has 2 aromatic rings. The van der Waals surface area contributed by atoms with Gasteiger partial charge in [0.2, 0.25) is 0 Å². The van der Waals surface area contributed by atoms with E-state index in [1.807, 2.05) is 17.0 Å². The Hall–Kier alpha value is -3.27. The smallest absolute Gasteiger partial charge is 0.321 e. The summed E-state index contributed by atoms with van der Waals surface area (Å²) in [6.45, 7) is 1.67. The molecular formula is C22H24N4O5S. The predicted octanol–water partition coefficient (Wildman–Crippen LogP) is 3.82. The molecule has 10 heteroatoms. The molecule has 9 nitrogen and oxygen atoms in total. The van der Waals surface area contributed by atoms with Gasteiger partial charge in [-0.1, -0.05) is 12.1 Å². The first-order valence-electron chi connectivity index (χ1n) is 10.3. The fourth-order valence-corrected chi connectivity index (χ4v) is 5.65. The van der Waals surface area contributed by atoms with Gasteiger partial charge in [0.1, 0.15) is 5.75 Å². The van der Waals surface area contributed by atoms with Crippen molar-refractivity contribution >= 4 is 35.1 Å². The summed E-state index contributed by atoms with van der Waals surface area (Å²) in [6.07, 6.45) is 1.32. The molecule has 0 bridgehead atoms. The van der Waals surface area contributed by atoms with Crippen molar-refractivity contribution in [2.75, 3.05) is 37.8 Å². The van der Waals surface area contributed by atoms with Gasteiger partial charge < -0.3 is 19.9 Å². The number of methoxy groups -OCH3 is 1. The predicted molar refractivity (Wildman–Crippen MR) is 122 cm³/mol. The van der Waals surface area contributed by atoms with E-state index < -0.39 is 4.92 Å². The molecule has 0 aromatic heterocycles. The highest BCUT2D eigenvalue weighted by Gasteiger charge is 2.47. The average molecular weight is 457 g/mol. The number of nitrogens with one attached hydrogen (secondary N) is 1. The number of non-ortho nitro benzene ring substituents is 1. The number of amides is 3. The second-order valence-corrected chi connectivity index (χ2v) is 9.13. The lowest BCUT2D eigenvalue weighted by Crippen LogP contribution is -2.54. The number of nitrogens with zero attached hydrogens (tertiary/aromatic N) is 3. The third kappa shape index (κ3) is 4.22. The summed E-state index contributed by atoms with van der Waals surface area (Å²) in [5.74, 6) is 1.30. The number of likely N-dealkylation sites (tertiary alicyclic amines) is 1. The Morgan fingerprint density at radius 3 is 2.44 bits per heavy atom. The number of urea groups is 1. The highest BCUT2D eigenvalue weighted by Crippen LogP contribution is 2.44. The number of rotatable bonds is 4. The molecular weight excluding hydrogens is 432 g/mol. The normalized spacial score (nSPS) is 17.3. The van der Waals surface area contributed by atoms with E-state index in [1.54, 1.807) is 35.9 Å². The van der Waals surface area contributed by atoms with Crippen LogP contribution in [0.2, 0.25) is 0 Å². The van der Waals surface area contributed by atoms with Gasteiger partial charge in [-0.15, -0.1) is 11.8 Å². The van der Waals surface area contributed by atoms with Gasteiger partial charge in [-0.25, -0.2) is 4.79 Å². The largest absolute Gasteiger partial charge is 0.495 e. The molecule has 0 atom stereocenters. The summed E-state index contributed by atoms with van der Waals surface area (Å²) in [4.78, 5) is 39.6. The number of hydrogen-bond acceptors (Lipinski definition) is 6. The van der Waals surface area contributed by atoms with E-state index in [2.05, 4.69) is 5.32 Å². The summed E-state index contributed by atoms with van der Waals surface area (Å²) in [5.41, 5.74) is 1.01. The Labute approximate surface area is 189 Å². The van der Waals surface area contributed by atoms with Crippen molar-refractivity contribution in [3.63, 3.8) is 0 Å². The molecule has 2 aliphatic heterocycles. The molecule has 1 spiro atoms. The van der Waals surface area contributed by atoms with Crippen LogP contribution in [0.25, 0.3) is 0 Å². The average Bonchev–Trinajstić information content (AvgIpc) is 3.22. The number of nitro benzene ring substituents is 1. The molecule has 2 fully saturated rings. The second kappa shape index (κ2) is 9.07. The van der Waals surface area contributed by atoms with Gasteiger partial charge in [-0.3, -0.25) is 14.9 Å². The number of hydrogen-bond donors (Lipinski definition) is 1. The SMILES string of the molecule is COc1ccccc1NC(=O)N1CCC2(CC1)SCCN2C(=O)c1ccc([N+](=O)[O-])cc1. The summed E-state index contributed by atoms with van der Waals surface area (Å²) < 4.78 is 5.29. The molecule has 2 aliphatic rings. The third-order valence-electron chi connectivity index (χ3n) is 5.93. The number of anilines is 1. The number of benzene rings is 2. The summed E-state index contributed by atoms with van der Waals surface area (Å²) in [5, 5.41) is 13.8. The standard InChI is InChI=1S/C22H24N4O5S/c1-31-19-5-3-2-4-18(19)23-21(28)24-12-10-22(11-13-24)25(14-15-32-22)20(27)16-6-8-17(9-7-16)26(29)30/h2-9H,10-15H2,1H3,(H,23,28). The summed E-state index contributed by atoms with van der Waals surface area (Å²) >= 11 is 1.75. The molecule has 0 aliphatic carbocycles. The van der Waals surface area contributed by atoms with Crippen molar-refractivity contribution in [2.45, 2.75) is 17.7 Å². The fraction of sp³-hybridized carbons (Fsp3) is 0.364. The number of ether oxygens (including phenoxy) is 1. The molecule has 2 saturated heterocycles. The number of nitro groups is 1. The molecule has 2 aromatic carbocycles. The van der Waals surface area contributed by atoms with Crippen molar-refractivity contribution < 1.29 is 19.2 Å². The Morgan fingerprint density at radius 1 is 1.09 bits per heavy atom. The van der Waals surface area contributed by atoms with Crippen LogP contribution in [0.1, 0.15) is 23.2 Å². The highest BCUT2D eigenvalue weighted by molar-refractivity contribution is 8.00. The zero-order valence-electron chi connectivity index (χ0n) is 17.7. The van der Waals surface area contributed by atoms with Gasteiger partial charge in [0.15, 0.2) is 0 Å². The van der Waals surface area contributed by atoms with Crippen molar-refractivity contribution in [1.29, 1.82) is 0 Å². The van der Waals surface area contributed by atoms with Crippen molar-refractivity contribution in [3.05, 3.63) is 64.2 Å². The van der Waals surface area contributed by atoms with Gasteiger partial charge in [0, 0.05) is 43.1 Å². The Bertz CT molecular complexity index is 1020. The van der Waals surface area contributed by atoms with Crippen molar-refractivity contribution in [2.24, 2.45) is 0 Å². The zero-order chi connectivity index (χ0) is 22.7. The number of carbonyl (C=O) groups excluding carboxylic acids is 2. The maximum Gasteiger partial charge on any atom is 0.321 e. The van der Waals surface area contributed by atoms with Crippen LogP contribution >= 0.6 is 11.8 Å². The molecule has 1 N–H and O–H groups in total. The van der Waals surface area contributed by atoms with Crippen LogP contribution in [0.15, 0.2) is 48.5 Å². The minimum absolute atomic E-state index is 0.0403. The van der Waals surface area contributed by atoms with Crippen LogP contribution in [0.4, 0.5) is 16.2 Å². The van der Waals surface area contributed by atoms with Gasteiger partial charge >= 0.3 is 6.03 Å². The first-order valence-corrected chi connectivity index (χ1v) is 11.3. The van der Waals surface area contributed by atoms with E-state index in [4.69, 9.17) is 4.74 Å². The van der Waals surface area contributed by atoms with Crippen LogP contribution < -0.4 is 10.1 Å². The quantitative estimate of drug-likeness (QED) is 0.554. The molecule has 168 valence electrons. The van der Waals surface area contributed by atoms with E-state index in [0.29, 0.717) is 49.5 Å². The monoisotopic (exact) mass is 456 g/mol. The van der Waals surface area contributed by atoms with E-state index in [9.17, 15) is 19.7 Å². The van der Waals surface area contributed by atoms with E-state index in [0.717, 1.165) is 5.75 Å². The van der Waals surface area contributed by atoms with Crippen molar-refractivity contribution in [3.8, 4) is 5.75 Å². The van der Waals surface area contributed by atoms with E-state index >= 15 is 0 Å². The van der Waals surface area contributed by atoms with Gasteiger partial charge in [0.05, 0.1) is 22.6 Å². The molecule has 0 saturated carbocycles. The van der Waals surface area contributed by atoms with E-state index in [-0.39, 0.29) is 22.5 Å². The van der Waals surface area contributed by atoms with Crippen LogP contribution in [-0.4, -0.2) is 64.0 Å². The zero-order valence-corrected chi connectivity index (χ0v) is 18.5. The minimum Gasteiger partial charge on any atom is -0.495 e. The van der Waals surface area contributed by atoms with Gasteiger partial charge in [-0.05, 0) is 37.1 Å². The number of piperidine rings is 1. The lowest BCUT2D eigenvalue weighted by atomic mass is 10.0. The number of thioether (sulfide) groups is 1. The second-order valence-electron chi connectivity index (χ2n) is 7.67. The Balaban J connectivity index is 1.41. The van der Waals surface area contributed by atoms with Crippen LogP contribution in [0, 0.1) is 10.1 Å². The van der Waals surface area contributed by atoms with Crippen LogP contribution in [0.5, 0.6) is 5.75 Å². The first kappa shape index (κ1) is 21.9. The lowest BCUT2D eigenvalue weighted by Gasteiger charge is -2.44. The van der Waals surface area contributed by atoms with Gasteiger partial charge in [-0.2, -0.15) is 0 Å². The van der Waals surface area contributed by atoms with E-state index in [1.165, 1.54) is 24.3 Å². The minimum atomic E-state index is -0.479. The fourth-order valence-electron chi connectivity index (χ4n) is 4.19. The number of para-hydroxylation sites is 2. The molecule has 32 heavy (non-hydrogen) atoms. The number of carbonyl (C=O) groups is 2. The van der Waals surface area contributed by atoms with Crippen molar-refractivity contribution in [1.82, 2.24) is 9.80 Å². The summed E-state index contributed by atoms with van der Waals surface area (Å²) in [6, 6.07) is 12.8. The van der Waals surface area contributed by atoms with Crippen LogP contribution in [-0.2, 0) is 0 Å². The molecule has 0 radical (unpaired) electrons. The molecule has 0 unspecified atom stereocenters. The third-order valence-corrected chi connectivity index (χ3v) is 7.48.